The fraction of sp³-hybridized carbons (Fsp3) is 0.611. The summed E-state index contributed by atoms with van der Waals surface area (Å²) in [4.78, 5) is 12.9. The zero-order valence-electron chi connectivity index (χ0n) is 13.9. The Hall–Kier alpha value is -0.880. The maximum atomic E-state index is 12.9. The molecule has 0 saturated carbocycles. The molecule has 1 heterocycles. The quantitative estimate of drug-likeness (QED) is 0.774. The number of aryl methyl sites for hydroxylation is 2. The van der Waals surface area contributed by atoms with Crippen LogP contribution in [-0.4, -0.2) is 30.1 Å². The van der Waals surface area contributed by atoms with Gasteiger partial charge in [0.1, 0.15) is 5.66 Å². The number of rotatable bonds is 5. The minimum atomic E-state index is -1.07. The van der Waals surface area contributed by atoms with E-state index in [1.165, 1.54) is 31.3 Å². The van der Waals surface area contributed by atoms with Gasteiger partial charge in [-0.3, -0.25) is 4.79 Å². The number of hydrogen-bond donors (Lipinski definition) is 1. The average molecular weight is 306 g/mol. The summed E-state index contributed by atoms with van der Waals surface area (Å²) in [5.74, 6) is 0.270. The molecule has 1 atom stereocenters. The smallest absolute Gasteiger partial charge is 0.265 e. The van der Waals surface area contributed by atoms with Crippen molar-refractivity contribution in [1.29, 1.82) is 0 Å². The van der Waals surface area contributed by atoms with Crippen LogP contribution in [0.3, 0.4) is 0 Å². The molecule has 0 radical (unpaired) electrons. The second-order valence-electron chi connectivity index (χ2n) is 6.37. The molecular formula is C18H29NOP+. The van der Waals surface area contributed by atoms with Crippen LogP contribution in [0.4, 0.5) is 5.69 Å². The van der Waals surface area contributed by atoms with Crippen LogP contribution in [-0.2, 0) is 4.79 Å². The highest BCUT2D eigenvalue weighted by atomic mass is 31.2. The van der Waals surface area contributed by atoms with E-state index in [2.05, 4.69) is 51.2 Å². The van der Waals surface area contributed by atoms with Gasteiger partial charge in [-0.1, -0.05) is 25.1 Å². The summed E-state index contributed by atoms with van der Waals surface area (Å²) in [5, 5.41) is 3.25. The summed E-state index contributed by atoms with van der Waals surface area (Å²) in [6, 6.07) is 6.20. The van der Waals surface area contributed by atoms with Gasteiger partial charge in [0.15, 0.2) is 0 Å². The third-order valence-electron chi connectivity index (χ3n) is 5.17. The molecule has 3 heteroatoms. The molecule has 0 aromatic heterocycles. The van der Waals surface area contributed by atoms with E-state index in [4.69, 9.17) is 0 Å². The van der Waals surface area contributed by atoms with Crippen molar-refractivity contribution in [2.75, 3.05) is 23.8 Å². The van der Waals surface area contributed by atoms with Crippen molar-refractivity contribution in [3.8, 4) is 0 Å². The number of carbonyl (C=O) groups is 1. The summed E-state index contributed by atoms with van der Waals surface area (Å²) >= 11 is 0. The monoisotopic (exact) mass is 306 g/mol. The van der Waals surface area contributed by atoms with Crippen molar-refractivity contribution in [2.45, 2.75) is 52.6 Å². The van der Waals surface area contributed by atoms with Crippen LogP contribution in [0.25, 0.3) is 0 Å². The highest BCUT2D eigenvalue weighted by Gasteiger charge is 2.49. The molecule has 1 N–H and O–H groups in total. The van der Waals surface area contributed by atoms with Crippen LogP contribution in [0.5, 0.6) is 0 Å². The molecule has 1 aliphatic rings. The average Bonchev–Trinajstić information content (AvgIpc) is 2.94. The number of amides is 1. The van der Waals surface area contributed by atoms with Gasteiger partial charge in [-0.15, -0.1) is 0 Å². The van der Waals surface area contributed by atoms with Gasteiger partial charge in [0.2, 0.25) is 0 Å². The molecule has 21 heavy (non-hydrogen) atoms. The minimum Gasteiger partial charge on any atom is -0.322 e. The molecule has 1 unspecified atom stereocenters. The molecule has 1 aliphatic heterocycles. The Balaban J connectivity index is 2.21. The van der Waals surface area contributed by atoms with E-state index in [9.17, 15) is 4.79 Å². The van der Waals surface area contributed by atoms with Crippen molar-refractivity contribution in [1.82, 2.24) is 0 Å². The van der Waals surface area contributed by atoms with E-state index in [0.29, 0.717) is 0 Å². The topological polar surface area (TPSA) is 29.1 Å². The third-order valence-corrected chi connectivity index (χ3v) is 10.8. The Labute approximate surface area is 130 Å². The zero-order valence-corrected chi connectivity index (χ0v) is 14.8. The molecule has 1 amide bonds. The molecule has 0 aliphatic carbocycles. The van der Waals surface area contributed by atoms with E-state index in [0.717, 1.165) is 23.2 Å². The summed E-state index contributed by atoms with van der Waals surface area (Å²) in [5.41, 5.74) is 3.60. The summed E-state index contributed by atoms with van der Waals surface area (Å²) in [6.07, 6.45) is 7.51. The second kappa shape index (κ2) is 6.92. The van der Waals surface area contributed by atoms with Crippen LogP contribution < -0.4 is 5.32 Å². The number of benzene rings is 1. The van der Waals surface area contributed by atoms with E-state index in [1.807, 2.05) is 0 Å². The van der Waals surface area contributed by atoms with Gasteiger partial charge in [0, 0.05) is 12.9 Å². The lowest BCUT2D eigenvalue weighted by Crippen LogP contribution is -2.32. The first-order valence-electron chi connectivity index (χ1n) is 8.27. The maximum Gasteiger partial charge on any atom is 0.265 e. The Morgan fingerprint density at radius 2 is 1.76 bits per heavy atom. The highest BCUT2D eigenvalue weighted by Crippen LogP contribution is 2.68. The van der Waals surface area contributed by atoms with E-state index >= 15 is 0 Å². The Morgan fingerprint density at radius 3 is 2.24 bits per heavy atom. The van der Waals surface area contributed by atoms with Gasteiger partial charge in [-0.05, 0) is 51.2 Å². The van der Waals surface area contributed by atoms with Crippen molar-refractivity contribution in [2.24, 2.45) is 0 Å². The Kier molecular flexibility index (Phi) is 5.43. The van der Waals surface area contributed by atoms with Crippen molar-refractivity contribution < 1.29 is 4.79 Å². The van der Waals surface area contributed by atoms with Gasteiger partial charge in [0.05, 0.1) is 18.5 Å². The van der Waals surface area contributed by atoms with Crippen LogP contribution in [0.1, 0.15) is 44.2 Å². The van der Waals surface area contributed by atoms with Gasteiger partial charge < -0.3 is 5.32 Å². The molecule has 116 valence electrons. The number of para-hydroxylation sites is 1. The lowest BCUT2D eigenvalue weighted by atomic mass is 10.1. The Morgan fingerprint density at radius 1 is 1.19 bits per heavy atom. The molecule has 1 aromatic carbocycles. The summed E-state index contributed by atoms with van der Waals surface area (Å²) in [7, 11) is -1.07. The van der Waals surface area contributed by atoms with Gasteiger partial charge in [-0.2, -0.15) is 0 Å². The molecule has 2 nitrogen and oxygen atoms in total. The van der Waals surface area contributed by atoms with Gasteiger partial charge in [0.25, 0.3) is 5.91 Å². The number of anilines is 1. The first-order valence-corrected chi connectivity index (χ1v) is 10.7. The molecule has 0 bridgehead atoms. The van der Waals surface area contributed by atoms with E-state index < -0.39 is 7.26 Å². The first-order chi connectivity index (χ1) is 10.0. The fourth-order valence-corrected chi connectivity index (χ4v) is 8.82. The van der Waals surface area contributed by atoms with Crippen molar-refractivity contribution >= 4 is 18.9 Å². The van der Waals surface area contributed by atoms with E-state index in [1.54, 1.807) is 0 Å². The predicted molar refractivity (Wildman–Crippen MR) is 95.1 cm³/mol. The predicted octanol–water partition coefficient (Wildman–Crippen LogP) is 4.85. The molecular weight excluding hydrogens is 277 g/mol. The summed E-state index contributed by atoms with van der Waals surface area (Å²) in [6.45, 7) is 8.63. The van der Waals surface area contributed by atoms with Crippen molar-refractivity contribution in [3.05, 3.63) is 29.3 Å². The third kappa shape index (κ3) is 3.31. The minimum absolute atomic E-state index is 0.254. The van der Waals surface area contributed by atoms with Crippen LogP contribution in [0.15, 0.2) is 18.2 Å². The lowest BCUT2D eigenvalue weighted by molar-refractivity contribution is -0.115. The van der Waals surface area contributed by atoms with Crippen LogP contribution >= 0.6 is 7.26 Å². The molecule has 1 aromatic rings. The van der Waals surface area contributed by atoms with Gasteiger partial charge >= 0.3 is 0 Å². The fourth-order valence-electron chi connectivity index (χ4n) is 3.85. The molecule has 2 rings (SSSR count). The highest BCUT2D eigenvalue weighted by molar-refractivity contribution is 7.77. The van der Waals surface area contributed by atoms with Crippen LogP contribution in [0.2, 0.25) is 0 Å². The molecule has 1 fully saturated rings. The zero-order chi connectivity index (χ0) is 15.5. The number of carbonyl (C=O) groups excluding carboxylic acids is 1. The molecule has 0 spiro atoms. The Bertz CT molecular complexity index is 486. The number of hydrogen-bond acceptors (Lipinski definition) is 1. The normalized spacial score (nSPS) is 18.5. The molecule has 1 saturated heterocycles. The number of nitrogens with one attached hydrogen (secondary N) is 1. The summed E-state index contributed by atoms with van der Waals surface area (Å²) < 4.78 is 0. The first kappa shape index (κ1) is 16.5. The SMILES string of the molecule is CCC(C(=O)Nc1c(C)cccc1C)[P+]1(CC)CCCC1. The van der Waals surface area contributed by atoms with Gasteiger partial charge in [-0.25, -0.2) is 0 Å². The lowest BCUT2D eigenvalue weighted by Gasteiger charge is -2.29. The standard InChI is InChI=1S/C18H28NOP/c1-5-16(21(6-2)12-7-8-13-21)18(20)19-17-14(3)10-9-11-15(17)4/h9-11,16H,5-8,12-13H2,1-4H3/p+1. The van der Waals surface area contributed by atoms with Crippen LogP contribution in [0, 0.1) is 13.8 Å². The van der Waals surface area contributed by atoms with E-state index in [-0.39, 0.29) is 11.6 Å². The van der Waals surface area contributed by atoms with Crippen molar-refractivity contribution in [3.63, 3.8) is 0 Å². The largest absolute Gasteiger partial charge is 0.322 e. The second-order valence-corrected chi connectivity index (χ2v) is 11.0. The maximum absolute atomic E-state index is 12.9.